The summed E-state index contributed by atoms with van der Waals surface area (Å²) >= 11 is 1.01. The molecule has 1 aromatic rings. The van der Waals surface area contributed by atoms with Crippen LogP contribution >= 0.6 is 11.3 Å². The van der Waals surface area contributed by atoms with Crippen LogP contribution < -0.4 is 0 Å². The van der Waals surface area contributed by atoms with E-state index in [1.165, 1.54) is 0 Å². The van der Waals surface area contributed by atoms with Crippen LogP contribution in [0.5, 0.6) is 0 Å². The van der Waals surface area contributed by atoms with Crippen LogP contribution in [0, 0.1) is 6.92 Å². The van der Waals surface area contributed by atoms with Gasteiger partial charge in [-0.05, 0) is 19.8 Å². The Hall–Kier alpha value is -0.620. The molecule has 0 aromatic carbocycles. The molecule has 0 amide bonds. The highest BCUT2D eigenvalue weighted by atomic mass is 32.1. The van der Waals surface area contributed by atoms with Gasteiger partial charge in [-0.2, -0.15) is 13.2 Å². The average molecular weight is 279 g/mol. The molecule has 1 N–H and O–H groups in total. The van der Waals surface area contributed by atoms with Gasteiger partial charge in [0.2, 0.25) is 0 Å². The number of aromatic nitrogens is 1. The fourth-order valence-electron chi connectivity index (χ4n) is 2.55. The topological polar surface area (TPSA) is 33.1 Å². The second-order valence-electron chi connectivity index (χ2n) is 4.83. The molecule has 1 heterocycles. The summed E-state index contributed by atoms with van der Waals surface area (Å²) in [5.41, 5.74) is -1.26. The monoisotopic (exact) mass is 279 g/mol. The zero-order valence-electron chi connectivity index (χ0n) is 10.2. The number of aliphatic hydroxyl groups excluding tert-OH is 1. The molecule has 6 heteroatoms. The fraction of sp³-hybridized carbons (Fsp3) is 0.750. The van der Waals surface area contributed by atoms with Crippen molar-refractivity contribution in [2.45, 2.75) is 57.2 Å². The zero-order chi connectivity index (χ0) is 13.4. The third-order valence-corrected chi connectivity index (χ3v) is 5.04. The number of hydrogen-bond donors (Lipinski definition) is 1. The highest BCUT2D eigenvalue weighted by Gasteiger charge is 2.57. The van der Waals surface area contributed by atoms with E-state index in [-0.39, 0.29) is 24.5 Å². The summed E-state index contributed by atoms with van der Waals surface area (Å²) < 4.78 is 40.3. The molecule has 1 aliphatic carbocycles. The van der Waals surface area contributed by atoms with Crippen molar-refractivity contribution < 1.29 is 18.3 Å². The van der Waals surface area contributed by atoms with Crippen LogP contribution in [0.4, 0.5) is 13.2 Å². The predicted molar refractivity (Wildman–Crippen MR) is 63.6 cm³/mol. The van der Waals surface area contributed by atoms with Crippen molar-refractivity contribution in [3.8, 4) is 0 Å². The fourth-order valence-corrected chi connectivity index (χ4v) is 3.74. The van der Waals surface area contributed by atoms with Gasteiger partial charge < -0.3 is 5.11 Å². The van der Waals surface area contributed by atoms with E-state index in [2.05, 4.69) is 4.98 Å². The summed E-state index contributed by atoms with van der Waals surface area (Å²) in [4.78, 5) is 4.62. The van der Waals surface area contributed by atoms with Crippen molar-refractivity contribution in [2.75, 3.05) is 0 Å². The second kappa shape index (κ2) is 4.81. The van der Waals surface area contributed by atoms with E-state index in [0.717, 1.165) is 17.8 Å². The van der Waals surface area contributed by atoms with E-state index in [0.29, 0.717) is 23.4 Å². The lowest BCUT2D eigenvalue weighted by Crippen LogP contribution is -2.43. The predicted octanol–water partition coefficient (Wildman–Crippen LogP) is 3.71. The van der Waals surface area contributed by atoms with Crippen LogP contribution in [0.25, 0.3) is 0 Å². The molecule has 0 unspecified atom stereocenters. The molecule has 2 nitrogen and oxygen atoms in total. The molecule has 0 atom stereocenters. The SMILES string of the molecule is Cc1nc(C2(C(F)(F)F)CCCCC2)sc1CO. The molecule has 0 spiro atoms. The van der Waals surface area contributed by atoms with Gasteiger partial charge in [-0.15, -0.1) is 11.3 Å². The van der Waals surface area contributed by atoms with E-state index < -0.39 is 11.6 Å². The molecule has 1 saturated carbocycles. The Morgan fingerprint density at radius 3 is 2.33 bits per heavy atom. The van der Waals surface area contributed by atoms with Gasteiger partial charge in [-0.1, -0.05) is 19.3 Å². The Morgan fingerprint density at radius 2 is 1.89 bits per heavy atom. The largest absolute Gasteiger partial charge is 0.400 e. The van der Waals surface area contributed by atoms with Gasteiger partial charge >= 0.3 is 6.18 Å². The van der Waals surface area contributed by atoms with Gasteiger partial charge in [-0.3, -0.25) is 0 Å². The normalized spacial score (nSPS) is 20.1. The molecular formula is C12H16F3NOS. The maximum absolute atomic E-state index is 13.4. The van der Waals surface area contributed by atoms with E-state index in [1.807, 2.05) is 0 Å². The molecule has 102 valence electrons. The molecule has 0 bridgehead atoms. The van der Waals surface area contributed by atoms with Crippen LogP contribution in [-0.4, -0.2) is 16.3 Å². The van der Waals surface area contributed by atoms with Crippen molar-refractivity contribution in [2.24, 2.45) is 0 Å². The van der Waals surface area contributed by atoms with Crippen molar-refractivity contribution in [3.05, 3.63) is 15.6 Å². The van der Waals surface area contributed by atoms with Crippen LogP contribution in [0.15, 0.2) is 0 Å². The highest BCUT2D eigenvalue weighted by molar-refractivity contribution is 7.11. The summed E-state index contributed by atoms with van der Waals surface area (Å²) in [6.45, 7) is 1.41. The lowest BCUT2D eigenvalue weighted by Gasteiger charge is -2.37. The number of alkyl halides is 3. The minimum Gasteiger partial charge on any atom is -0.391 e. The van der Waals surface area contributed by atoms with Gasteiger partial charge in [-0.25, -0.2) is 4.98 Å². The van der Waals surface area contributed by atoms with Gasteiger partial charge in [0.15, 0.2) is 0 Å². The van der Waals surface area contributed by atoms with E-state index >= 15 is 0 Å². The number of thiazole rings is 1. The van der Waals surface area contributed by atoms with Crippen molar-refractivity contribution in [1.82, 2.24) is 4.98 Å². The first-order valence-corrected chi connectivity index (χ1v) is 6.87. The molecule has 0 radical (unpaired) electrons. The summed E-state index contributed by atoms with van der Waals surface area (Å²) in [6, 6.07) is 0. The summed E-state index contributed by atoms with van der Waals surface area (Å²) in [6.07, 6.45) is -1.98. The Bertz CT molecular complexity index is 421. The molecule has 0 aliphatic heterocycles. The molecule has 1 aliphatic rings. The smallest absolute Gasteiger partial charge is 0.391 e. The van der Waals surface area contributed by atoms with Crippen LogP contribution in [0.1, 0.15) is 47.7 Å². The summed E-state index contributed by atoms with van der Waals surface area (Å²) in [5, 5.41) is 9.24. The van der Waals surface area contributed by atoms with Crippen LogP contribution in [-0.2, 0) is 12.0 Å². The van der Waals surface area contributed by atoms with E-state index in [1.54, 1.807) is 6.92 Å². The number of aryl methyl sites for hydroxylation is 1. The third-order valence-electron chi connectivity index (χ3n) is 3.70. The Kier molecular flexibility index (Phi) is 3.69. The number of hydrogen-bond acceptors (Lipinski definition) is 3. The van der Waals surface area contributed by atoms with E-state index in [9.17, 15) is 13.2 Å². The van der Waals surface area contributed by atoms with Crippen LogP contribution in [0.3, 0.4) is 0 Å². The Balaban J connectivity index is 2.45. The van der Waals surface area contributed by atoms with Crippen molar-refractivity contribution in [1.29, 1.82) is 0 Å². The number of rotatable bonds is 2. The number of halogens is 3. The van der Waals surface area contributed by atoms with Crippen molar-refractivity contribution in [3.63, 3.8) is 0 Å². The quantitative estimate of drug-likeness (QED) is 0.895. The standard InChI is InChI=1S/C12H16F3NOS/c1-8-9(7-17)18-10(16-8)11(12(13,14)15)5-3-2-4-6-11/h17H,2-7H2,1H3. The van der Waals surface area contributed by atoms with Crippen LogP contribution in [0.2, 0.25) is 0 Å². The Morgan fingerprint density at radius 1 is 1.28 bits per heavy atom. The van der Waals surface area contributed by atoms with Gasteiger partial charge in [0.1, 0.15) is 10.4 Å². The van der Waals surface area contributed by atoms with Gasteiger partial charge in [0.05, 0.1) is 17.2 Å². The number of nitrogens with zero attached hydrogens (tertiary/aromatic N) is 1. The maximum atomic E-state index is 13.4. The third kappa shape index (κ3) is 2.16. The molecule has 1 fully saturated rings. The van der Waals surface area contributed by atoms with E-state index in [4.69, 9.17) is 5.11 Å². The number of aliphatic hydroxyl groups is 1. The first-order valence-electron chi connectivity index (χ1n) is 6.05. The minimum atomic E-state index is -4.26. The molecule has 0 saturated heterocycles. The first kappa shape index (κ1) is 13.8. The zero-order valence-corrected chi connectivity index (χ0v) is 11.0. The van der Waals surface area contributed by atoms with Gasteiger partial charge in [0.25, 0.3) is 0 Å². The molecule has 1 aromatic heterocycles. The molecular weight excluding hydrogens is 263 g/mol. The Labute approximate surface area is 108 Å². The lowest BCUT2D eigenvalue weighted by atomic mass is 9.74. The minimum absolute atomic E-state index is 0.119. The molecule has 18 heavy (non-hydrogen) atoms. The van der Waals surface area contributed by atoms with Crippen molar-refractivity contribution >= 4 is 11.3 Å². The van der Waals surface area contributed by atoms with Gasteiger partial charge in [0, 0.05) is 0 Å². The summed E-state index contributed by atoms with van der Waals surface area (Å²) in [5.74, 6) is 0. The first-order chi connectivity index (χ1) is 8.40. The lowest BCUT2D eigenvalue weighted by molar-refractivity contribution is -0.199. The molecule has 2 rings (SSSR count). The highest BCUT2D eigenvalue weighted by Crippen LogP contribution is 2.52. The summed E-state index contributed by atoms with van der Waals surface area (Å²) in [7, 11) is 0. The second-order valence-corrected chi connectivity index (χ2v) is 5.91. The maximum Gasteiger partial charge on any atom is 0.400 e. The average Bonchev–Trinajstić information content (AvgIpc) is 2.70.